The van der Waals surface area contributed by atoms with Crippen molar-refractivity contribution in [3.05, 3.63) is 34.3 Å². The van der Waals surface area contributed by atoms with Gasteiger partial charge in [-0.1, -0.05) is 11.6 Å². The first-order valence-corrected chi connectivity index (χ1v) is 4.97. The van der Waals surface area contributed by atoms with Crippen LogP contribution in [0.15, 0.2) is 18.2 Å². The number of halogens is 5. The van der Waals surface area contributed by atoms with Gasteiger partial charge < -0.3 is 10.8 Å². The SMILES string of the molecule is Cl.N[C@H](CCO)c1cc(C(F)(F)F)ccc1Cl. The van der Waals surface area contributed by atoms with Gasteiger partial charge in [-0.2, -0.15) is 13.2 Å². The summed E-state index contributed by atoms with van der Waals surface area (Å²) in [6, 6.07) is 2.29. The number of rotatable bonds is 3. The zero-order valence-electron chi connectivity index (χ0n) is 8.67. The van der Waals surface area contributed by atoms with Crippen LogP contribution in [0.3, 0.4) is 0 Å². The summed E-state index contributed by atoms with van der Waals surface area (Å²) in [6.07, 6.45) is -4.25. The predicted octanol–water partition coefficient (Wildman–Crippen LogP) is 3.16. The third-order valence-corrected chi connectivity index (χ3v) is 2.51. The number of hydrogen-bond acceptors (Lipinski definition) is 2. The van der Waals surface area contributed by atoms with Crippen LogP contribution in [0.5, 0.6) is 0 Å². The summed E-state index contributed by atoms with van der Waals surface area (Å²) in [7, 11) is 0. The van der Waals surface area contributed by atoms with E-state index in [2.05, 4.69) is 0 Å². The van der Waals surface area contributed by atoms with E-state index in [4.69, 9.17) is 22.4 Å². The maximum atomic E-state index is 12.4. The number of hydrogen-bond donors (Lipinski definition) is 2. The van der Waals surface area contributed by atoms with E-state index in [1.54, 1.807) is 0 Å². The molecule has 98 valence electrons. The van der Waals surface area contributed by atoms with Crippen LogP contribution in [-0.2, 0) is 6.18 Å². The maximum Gasteiger partial charge on any atom is 0.416 e. The van der Waals surface area contributed by atoms with Crippen molar-refractivity contribution >= 4 is 24.0 Å². The minimum atomic E-state index is -4.42. The molecule has 0 spiro atoms. The molecule has 0 fully saturated rings. The van der Waals surface area contributed by atoms with Crippen LogP contribution in [0.2, 0.25) is 5.02 Å². The molecule has 0 saturated heterocycles. The van der Waals surface area contributed by atoms with Gasteiger partial charge in [0.25, 0.3) is 0 Å². The Morgan fingerprint density at radius 2 is 1.94 bits per heavy atom. The summed E-state index contributed by atoms with van der Waals surface area (Å²) in [6.45, 7) is -0.201. The van der Waals surface area contributed by atoms with Crippen molar-refractivity contribution in [2.24, 2.45) is 5.73 Å². The molecular formula is C10H12Cl2F3NO. The van der Waals surface area contributed by atoms with Crippen LogP contribution in [0.1, 0.15) is 23.6 Å². The predicted molar refractivity (Wildman–Crippen MR) is 62.3 cm³/mol. The number of alkyl halides is 3. The van der Waals surface area contributed by atoms with Crippen molar-refractivity contribution in [2.75, 3.05) is 6.61 Å². The summed E-state index contributed by atoms with van der Waals surface area (Å²) in [5.41, 5.74) is 5.01. The Morgan fingerprint density at radius 3 is 2.41 bits per heavy atom. The van der Waals surface area contributed by atoms with E-state index in [0.717, 1.165) is 18.2 Å². The van der Waals surface area contributed by atoms with E-state index in [1.807, 2.05) is 0 Å². The van der Waals surface area contributed by atoms with Crippen molar-refractivity contribution < 1.29 is 18.3 Å². The lowest BCUT2D eigenvalue weighted by molar-refractivity contribution is -0.137. The first kappa shape index (κ1) is 16.5. The topological polar surface area (TPSA) is 46.2 Å². The number of benzene rings is 1. The molecule has 1 aromatic carbocycles. The van der Waals surface area contributed by atoms with Crippen LogP contribution in [0.25, 0.3) is 0 Å². The van der Waals surface area contributed by atoms with Crippen LogP contribution < -0.4 is 5.73 Å². The average molecular weight is 290 g/mol. The van der Waals surface area contributed by atoms with Gasteiger partial charge in [0.05, 0.1) is 5.56 Å². The Bertz CT molecular complexity index is 371. The standard InChI is InChI=1S/C10H11ClF3NO.ClH/c11-8-2-1-6(10(12,13)14)5-7(8)9(15)3-4-16;/h1-2,5,9,16H,3-4,15H2;1H/t9-;/m1./s1. The zero-order chi connectivity index (χ0) is 12.3. The Hall–Kier alpha value is -0.490. The summed E-state index contributed by atoms with van der Waals surface area (Å²) >= 11 is 5.75. The third kappa shape index (κ3) is 4.35. The third-order valence-electron chi connectivity index (χ3n) is 2.16. The summed E-state index contributed by atoms with van der Waals surface area (Å²) in [5.74, 6) is 0. The number of aliphatic hydroxyl groups is 1. The fraction of sp³-hybridized carbons (Fsp3) is 0.400. The van der Waals surface area contributed by atoms with E-state index in [9.17, 15) is 13.2 Å². The number of nitrogens with two attached hydrogens (primary N) is 1. The van der Waals surface area contributed by atoms with Gasteiger partial charge >= 0.3 is 6.18 Å². The van der Waals surface area contributed by atoms with Gasteiger partial charge in [0.15, 0.2) is 0 Å². The molecule has 1 atom stereocenters. The molecule has 0 aromatic heterocycles. The van der Waals surface area contributed by atoms with Crippen molar-refractivity contribution in [3.63, 3.8) is 0 Å². The van der Waals surface area contributed by atoms with Crippen LogP contribution >= 0.6 is 24.0 Å². The molecule has 0 aliphatic carbocycles. The lowest BCUT2D eigenvalue weighted by Gasteiger charge is -2.15. The quantitative estimate of drug-likeness (QED) is 0.898. The molecule has 0 saturated carbocycles. The van der Waals surface area contributed by atoms with E-state index in [0.29, 0.717) is 0 Å². The fourth-order valence-electron chi connectivity index (χ4n) is 1.30. The minimum Gasteiger partial charge on any atom is -0.396 e. The highest BCUT2D eigenvalue weighted by molar-refractivity contribution is 6.31. The molecule has 0 aliphatic heterocycles. The second-order valence-electron chi connectivity index (χ2n) is 3.35. The second-order valence-corrected chi connectivity index (χ2v) is 3.76. The smallest absolute Gasteiger partial charge is 0.396 e. The molecule has 1 aromatic rings. The van der Waals surface area contributed by atoms with Crippen molar-refractivity contribution in [2.45, 2.75) is 18.6 Å². The highest BCUT2D eigenvalue weighted by atomic mass is 35.5. The Morgan fingerprint density at radius 1 is 1.35 bits per heavy atom. The average Bonchev–Trinajstić information content (AvgIpc) is 2.16. The minimum absolute atomic E-state index is 0. The molecule has 0 bridgehead atoms. The summed E-state index contributed by atoms with van der Waals surface area (Å²) < 4.78 is 37.2. The van der Waals surface area contributed by atoms with Gasteiger partial charge in [0, 0.05) is 17.7 Å². The van der Waals surface area contributed by atoms with Crippen LogP contribution in [0, 0.1) is 0 Å². The Labute approximate surface area is 108 Å². The highest BCUT2D eigenvalue weighted by Crippen LogP contribution is 2.33. The van der Waals surface area contributed by atoms with Gasteiger partial charge in [-0.05, 0) is 30.2 Å². The molecule has 0 aliphatic rings. The molecule has 1 rings (SSSR count). The highest BCUT2D eigenvalue weighted by Gasteiger charge is 2.31. The first-order valence-electron chi connectivity index (χ1n) is 4.59. The molecule has 0 unspecified atom stereocenters. The molecule has 2 nitrogen and oxygen atoms in total. The molecular weight excluding hydrogens is 278 g/mol. The summed E-state index contributed by atoms with van der Waals surface area (Å²) in [4.78, 5) is 0. The molecule has 0 amide bonds. The number of aliphatic hydroxyl groups excluding tert-OH is 1. The lowest BCUT2D eigenvalue weighted by Crippen LogP contribution is -2.14. The molecule has 17 heavy (non-hydrogen) atoms. The van der Waals surface area contributed by atoms with Crippen molar-refractivity contribution in [1.82, 2.24) is 0 Å². The van der Waals surface area contributed by atoms with E-state index < -0.39 is 17.8 Å². The van der Waals surface area contributed by atoms with E-state index in [-0.39, 0.29) is 36.0 Å². The molecule has 0 heterocycles. The van der Waals surface area contributed by atoms with Crippen molar-refractivity contribution in [3.8, 4) is 0 Å². The lowest BCUT2D eigenvalue weighted by atomic mass is 10.0. The monoisotopic (exact) mass is 289 g/mol. The van der Waals surface area contributed by atoms with Gasteiger partial charge in [-0.3, -0.25) is 0 Å². The summed E-state index contributed by atoms with van der Waals surface area (Å²) in [5, 5.41) is 8.85. The largest absolute Gasteiger partial charge is 0.416 e. The van der Waals surface area contributed by atoms with Gasteiger partial charge in [-0.25, -0.2) is 0 Å². The molecule has 7 heteroatoms. The fourth-order valence-corrected chi connectivity index (χ4v) is 1.56. The molecule has 3 N–H and O–H groups in total. The van der Waals surface area contributed by atoms with E-state index >= 15 is 0 Å². The Balaban J connectivity index is 0.00000256. The Kier molecular flexibility index (Phi) is 6.26. The van der Waals surface area contributed by atoms with Gasteiger partial charge in [0.1, 0.15) is 0 Å². The van der Waals surface area contributed by atoms with Crippen molar-refractivity contribution in [1.29, 1.82) is 0 Å². The van der Waals surface area contributed by atoms with Gasteiger partial charge in [-0.15, -0.1) is 12.4 Å². The van der Waals surface area contributed by atoms with E-state index in [1.165, 1.54) is 0 Å². The zero-order valence-corrected chi connectivity index (χ0v) is 10.2. The second kappa shape index (κ2) is 6.44. The van der Waals surface area contributed by atoms with Crippen LogP contribution in [-0.4, -0.2) is 11.7 Å². The molecule has 0 radical (unpaired) electrons. The van der Waals surface area contributed by atoms with Gasteiger partial charge in [0.2, 0.25) is 0 Å². The van der Waals surface area contributed by atoms with Crippen LogP contribution in [0.4, 0.5) is 13.2 Å². The normalized spacial score (nSPS) is 13.1. The maximum absolute atomic E-state index is 12.4. The first-order chi connectivity index (χ1) is 7.36.